The first-order valence-corrected chi connectivity index (χ1v) is 10.1. The first-order chi connectivity index (χ1) is 15.6. The van der Waals surface area contributed by atoms with Crippen LogP contribution in [0, 0.1) is 12.9 Å². The van der Waals surface area contributed by atoms with E-state index in [2.05, 4.69) is 30.2 Å². The lowest BCUT2D eigenvalue weighted by molar-refractivity contribution is 0.586. The van der Waals surface area contributed by atoms with Crippen LogP contribution in [0.5, 0.6) is 0 Å². The van der Waals surface area contributed by atoms with Gasteiger partial charge in [-0.25, -0.2) is 24.9 Å². The lowest BCUT2D eigenvalue weighted by Gasteiger charge is -2.21. The number of fused-ring (bicyclic) bond motifs is 2. The molecule has 0 aliphatic heterocycles. The van der Waals surface area contributed by atoms with Crippen molar-refractivity contribution in [3.05, 3.63) is 76.9 Å². The highest BCUT2D eigenvalue weighted by atomic mass is 19.1. The maximum Gasteiger partial charge on any atom is 0.266 e. The van der Waals surface area contributed by atoms with Crippen molar-refractivity contribution in [1.82, 2.24) is 34.3 Å². The lowest BCUT2D eigenvalue weighted by atomic mass is 10.00. The number of hydrogen-bond donors (Lipinski definition) is 2. The molecule has 0 spiro atoms. The van der Waals surface area contributed by atoms with Crippen molar-refractivity contribution in [2.75, 3.05) is 5.32 Å². The van der Waals surface area contributed by atoms with Gasteiger partial charge in [-0.2, -0.15) is 4.39 Å². The summed E-state index contributed by atoms with van der Waals surface area (Å²) in [5, 5.41) is 3.32. The minimum Gasteiger partial charge on any atom is -0.360 e. The van der Waals surface area contributed by atoms with Crippen LogP contribution in [0.25, 0.3) is 27.9 Å². The van der Waals surface area contributed by atoms with Crippen LogP contribution in [0.15, 0.2) is 54.0 Å². The number of aromatic amines is 1. The fourth-order valence-electron chi connectivity index (χ4n) is 3.83. The molecule has 5 heterocycles. The van der Waals surface area contributed by atoms with Gasteiger partial charge in [0.25, 0.3) is 5.56 Å². The molecule has 0 saturated carbocycles. The fraction of sp³-hybridized carbons (Fsp3) is 0.182. The lowest BCUT2D eigenvalue weighted by Crippen LogP contribution is -2.25. The van der Waals surface area contributed by atoms with Gasteiger partial charge in [0.15, 0.2) is 11.5 Å². The van der Waals surface area contributed by atoms with Crippen LogP contribution >= 0.6 is 0 Å². The van der Waals surface area contributed by atoms with Gasteiger partial charge in [0.05, 0.1) is 23.6 Å². The molecule has 1 atom stereocenters. The van der Waals surface area contributed by atoms with E-state index in [9.17, 15) is 9.18 Å². The predicted molar refractivity (Wildman–Crippen MR) is 118 cm³/mol. The molecular weight excluding hydrogens is 411 g/mol. The van der Waals surface area contributed by atoms with Crippen LogP contribution in [0.1, 0.15) is 30.8 Å². The second-order valence-electron chi connectivity index (χ2n) is 7.31. The number of nitrogens with one attached hydrogen (secondary N) is 2. The van der Waals surface area contributed by atoms with E-state index in [-0.39, 0.29) is 16.7 Å². The molecule has 0 radical (unpaired) electrons. The van der Waals surface area contributed by atoms with Crippen LogP contribution in [0.2, 0.25) is 0 Å². The second-order valence-corrected chi connectivity index (χ2v) is 7.31. The summed E-state index contributed by atoms with van der Waals surface area (Å²) in [4.78, 5) is 37.8. The molecule has 0 bridgehead atoms. The molecule has 5 aromatic heterocycles. The van der Waals surface area contributed by atoms with Gasteiger partial charge in [-0.1, -0.05) is 13.0 Å². The van der Waals surface area contributed by atoms with Gasteiger partial charge in [0, 0.05) is 17.5 Å². The Morgan fingerprint density at radius 1 is 1.16 bits per heavy atom. The molecule has 1 unspecified atom stereocenters. The first-order valence-electron chi connectivity index (χ1n) is 10.1. The Labute approximate surface area is 181 Å². The Balaban J connectivity index is 1.76. The number of aromatic nitrogens is 7. The molecule has 0 aliphatic rings. The van der Waals surface area contributed by atoms with Gasteiger partial charge < -0.3 is 10.3 Å². The fourth-order valence-corrected chi connectivity index (χ4v) is 3.83. The maximum atomic E-state index is 14.8. The van der Waals surface area contributed by atoms with Gasteiger partial charge in [0.2, 0.25) is 5.95 Å². The predicted octanol–water partition coefficient (Wildman–Crippen LogP) is 3.43. The average Bonchev–Trinajstić information content (AvgIpc) is 3.28. The Bertz CT molecular complexity index is 1510. The molecule has 5 aromatic rings. The number of anilines is 1. The average molecular weight is 430 g/mol. The quantitative estimate of drug-likeness (QED) is 0.411. The van der Waals surface area contributed by atoms with Crippen molar-refractivity contribution in [2.24, 2.45) is 0 Å². The van der Waals surface area contributed by atoms with Crippen LogP contribution < -0.4 is 10.9 Å². The van der Waals surface area contributed by atoms with Crippen molar-refractivity contribution in [1.29, 1.82) is 0 Å². The summed E-state index contributed by atoms with van der Waals surface area (Å²) in [6, 6.07) is 8.09. The molecule has 10 heteroatoms. The highest BCUT2D eigenvalue weighted by Gasteiger charge is 2.25. The van der Waals surface area contributed by atoms with Gasteiger partial charge in [-0.15, -0.1) is 0 Å². The molecule has 0 saturated heterocycles. The smallest absolute Gasteiger partial charge is 0.266 e. The molecule has 160 valence electrons. The van der Waals surface area contributed by atoms with Gasteiger partial charge in [-0.05, 0) is 37.6 Å². The Kier molecular flexibility index (Phi) is 4.81. The minimum absolute atomic E-state index is 0.102. The SMILES string of the molecule is CCC(Nc1ncnc2[nH]cnc12)c1nc2cccc(C)n2c(=O)c1-c1cccnc1F. The largest absolute Gasteiger partial charge is 0.360 e. The van der Waals surface area contributed by atoms with Crippen molar-refractivity contribution in [3.8, 4) is 11.1 Å². The topological polar surface area (TPSA) is 114 Å². The van der Waals surface area contributed by atoms with Crippen LogP contribution in [0.3, 0.4) is 0 Å². The molecule has 32 heavy (non-hydrogen) atoms. The maximum absolute atomic E-state index is 14.8. The number of H-pyrrole nitrogens is 1. The summed E-state index contributed by atoms with van der Waals surface area (Å²) >= 11 is 0. The summed E-state index contributed by atoms with van der Waals surface area (Å²) in [6.45, 7) is 3.76. The molecule has 0 amide bonds. The zero-order chi connectivity index (χ0) is 22.2. The molecule has 2 N–H and O–H groups in total. The number of hydrogen-bond acceptors (Lipinski definition) is 7. The van der Waals surface area contributed by atoms with Crippen molar-refractivity contribution in [2.45, 2.75) is 26.3 Å². The molecule has 9 nitrogen and oxygen atoms in total. The third kappa shape index (κ3) is 3.16. The normalized spacial score (nSPS) is 12.3. The van der Waals surface area contributed by atoms with Crippen LogP contribution in [0.4, 0.5) is 10.2 Å². The molecule has 0 aromatic carbocycles. The summed E-state index contributed by atoms with van der Waals surface area (Å²) in [5.41, 5.74) is 2.64. The summed E-state index contributed by atoms with van der Waals surface area (Å²) in [7, 11) is 0. The second kappa shape index (κ2) is 7.80. The van der Waals surface area contributed by atoms with Gasteiger partial charge >= 0.3 is 0 Å². The van der Waals surface area contributed by atoms with E-state index in [1.54, 1.807) is 12.1 Å². The van der Waals surface area contributed by atoms with E-state index in [0.717, 1.165) is 0 Å². The third-order valence-electron chi connectivity index (χ3n) is 5.37. The van der Waals surface area contributed by atoms with Gasteiger partial charge in [-0.3, -0.25) is 9.20 Å². The Morgan fingerprint density at radius 2 is 2.03 bits per heavy atom. The van der Waals surface area contributed by atoms with Gasteiger partial charge in [0.1, 0.15) is 17.5 Å². The molecule has 0 aliphatic carbocycles. The standard InChI is InChI=1S/C22H19FN8O/c1-3-14(29-21-18-20(26-10-25-18)27-11-28-21)17-16(13-7-5-9-24-19(13)23)22(32)31-12(2)6-4-8-15(31)30-17/h4-11,14H,3H2,1-2H3,(H2,25,26,27,28,29). The number of imidazole rings is 1. The van der Waals surface area contributed by atoms with E-state index in [0.29, 0.717) is 40.4 Å². The van der Waals surface area contributed by atoms with Crippen molar-refractivity contribution >= 4 is 22.6 Å². The first kappa shape index (κ1) is 19.7. The molecular formula is C22H19FN8O. The minimum atomic E-state index is -0.729. The van der Waals surface area contributed by atoms with E-state index in [4.69, 9.17) is 4.98 Å². The summed E-state index contributed by atoms with van der Waals surface area (Å²) < 4.78 is 16.2. The van der Waals surface area contributed by atoms with Crippen LogP contribution in [-0.4, -0.2) is 34.3 Å². The molecule has 5 rings (SSSR count). The molecule has 0 fully saturated rings. The number of pyridine rings is 2. The van der Waals surface area contributed by atoms with Crippen molar-refractivity contribution in [3.63, 3.8) is 0 Å². The Morgan fingerprint density at radius 3 is 2.84 bits per heavy atom. The van der Waals surface area contributed by atoms with Crippen LogP contribution in [-0.2, 0) is 0 Å². The number of rotatable bonds is 5. The Hall–Kier alpha value is -4.21. The number of aryl methyl sites for hydroxylation is 1. The third-order valence-corrected chi connectivity index (χ3v) is 5.37. The summed E-state index contributed by atoms with van der Waals surface area (Å²) in [6.07, 6.45) is 4.86. The zero-order valence-corrected chi connectivity index (χ0v) is 17.4. The highest BCUT2D eigenvalue weighted by molar-refractivity contribution is 5.82. The monoisotopic (exact) mass is 430 g/mol. The van der Waals surface area contributed by atoms with E-state index >= 15 is 0 Å². The highest BCUT2D eigenvalue weighted by Crippen LogP contribution is 2.30. The van der Waals surface area contributed by atoms with E-state index in [1.807, 2.05) is 26.0 Å². The number of nitrogens with zero attached hydrogens (tertiary/aromatic N) is 6. The zero-order valence-electron chi connectivity index (χ0n) is 17.4. The number of halogens is 1. The van der Waals surface area contributed by atoms with Crippen molar-refractivity contribution < 1.29 is 4.39 Å². The summed E-state index contributed by atoms with van der Waals surface area (Å²) in [5.74, 6) is -0.236. The van der Waals surface area contributed by atoms with E-state index in [1.165, 1.54) is 29.3 Å². The van der Waals surface area contributed by atoms with E-state index < -0.39 is 12.0 Å².